The van der Waals surface area contributed by atoms with Crippen molar-refractivity contribution >= 4 is 59.9 Å². The van der Waals surface area contributed by atoms with E-state index in [0.717, 1.165) is 29.7 Å². The van der Waals surface area contributed by atoms with Crippen LogP contribution >= 0.6 is 22.9 Å². The minimum atomic E-state index is -3.63. The molecule has 0 atom stereocenters. The van der Waals surface area contributed by atoms with Gasteiger partial charge in [0.2, 0.25) is 0 Å². The number of halogens is 1. The maximum absolute atomic E-state index is 12.4. The van der Waals surface area contributed by atoms with Crippen molar-refractivity contribution in [3.8, 4) is 5.75 Å². The van der Waals surface area contributed by atoms with E-state index in [2.05, 4.69) is 5.32 Å². The van der Waals surface area contributed by atoms with Crippen LogP contribution in [0.25, 0.3) is 0 Å². The number of carbonyl (C=O) groups is 1. The minimum Gasteiger partial charge on any atom is -0.504 e. The van der Waals surface area contributed by atoms with Gasteiger partial charge < -0.3 is 16.2 Å². The fourth-order valence-electron chi connectivity index (χ4n) is 1.98. The average molecular weight is 439 g/mol. The van der Waals surface area contributed by atoms with Crippen molar-refractivity contribution in [2.75, 3.05) is 23.1 Å². The maximum Gasteiger partial charge on any atom is 0.267 e. The summed E-state index contributed by atoms with van der Waals surface area (Å²) in [5.41, 5.74) is 5.15. The van der Waals surface area contributed by atoms with E-state index in [1.165, 1.54) is 12.3 Å². The molecule has 4 N–H and O–H groups in total. The predicted octanol–water partition coefficient (Wildman–Crippen LogP) is 2.14. The van der Waals surface area contributed by atoms with E-state index in [-0.39, 0.29) is 36.8 Å². The lowest BCUT2D eigenvalue weighted by molar-refractivity contribution is 0.103. The predicted molar refractivity (Wildman–Crippen MR) is 101 cm³/mol. The maximum atomic E-state index is 12.4. The number of thiophene rings is 1. The van der Waals surface area contributed by atoms with Crippen molar-refractivity contribution in [1.29, 1.82) is 0 Å². The van der Waals surface area contributed by atoms with E-state index in [0.29, 0.717) is 0 Å². The third-order valence-electron chi connectivity index (χ3n) is 3.41. The van der Waals surface area contributed by atoms with Gasteiger partial charge in [-0.15, -0.1) is 11.3 Å². The van der Waals surface area contributed by atoms with Crippen molar-refractivity contribution in [3.05, 3.63) is 27.4 Å². The van der Waals surface area contributed by atoms with Gasteiger partial charge in [-0.2, -0.15) is 0 Å². The zero-order valence-corrected chi connectivity index (χ0v) is 16.8. The highest BCUT2D eigenvalue weighted by Crippen LogP contribution is 2.36. The molecular weight excluding hydrogens is 424 g/mol. The number of nitrogen functional groups attached to an aromatic ring is 1. The first-order valence-electron chi connectivity index (χ1n) is 7.02. The summed E-state index contributed by atoms with van der Waals surface area (Å²) in [5, 5.41) is 13.3. The zero-order chi connectivity index (χ0) is 19.9. The molecule has 0 aliphatic rings. The Morgan fingerprint density at radius 1 is 1.31 bits per heavy atom. The van der Waals surface area contributed by atoms with Crippen LogP contribution in [0.2, 0.25) is 5.02 Å². The number of aromatic hydroxyl groups is 1. The summed E-state index contributed by atoms with van der Waals surface area (Å²) >= 11 is 6.76. The summed E-state index contributed by atoms with van der Waals surface area (Å²) in [6, 6.07) is 2.16. The number of sulfone groups is 2. The van der Waals surface area contributed by atoms with Crippen LogP contribution in [0.3, 0.4) is 0 Å². The molecular formula is C14H15ClN2O6S3. The van der Waals surface area contributed by atoms with Gasteiger partial charge in [0.15, 0.2) is 25.4 Å². The van der Waals surface area contributed by atoms with E-state index >= 15 is 0 Å². The summed E-state index contributed by atoms with van der Waals surface area (Å²) in [4.78, 5) is 11.9. The van der Waals surface area contributed by atoms with Gasteiger partial charge in [-0.1, -0.05) is 18.5 Å². The number of amides is 1. The van der Waals surface area contributed by atoms with Gasteiger partial charge in [-0.25, -0.2) is 16.8 Å². The summed E-state index contributed by atoms with van der Waals surface area (Å²) in [6.45, 7) is 1.44. The molecule has 8 nitrogen and oxygen atoms in total. The van der Waals surface area contributed by atoms with Crippen LogP contribution in [0, 0.1) is 0 Å². The third-order valence-corrected chi connectivity index (χ3v) is 7.99. The second kappa shape index (κ2) is 7.06. The Balaban J connectivity index is 2.46. The monoisotopic (exact) mass is 438 g/mol. The number of hydrogen-bond acceptors (Lipinski definition) is 8. The zero-order valence-electron chi connectivity index (χ0n) is 13.6. The van der Waals surface area contributed by atoms with E-state index in [1.807, 2.05) is 0 Å². The number of rotatable bonds is 5. The quantitative estimate of drug-likeness (QED) is 0.479. The smallest absolute Gasteiger partial charge is 0.267 e. The first-order valence-corrected chi connectivity index (χ1v) is 11.8. The Morgan fingerprint density at radius 2 is 1.92 bits per heavy atom. The largest absolute Gasteiger partial charge is 0.504 e. The van der Waals surface area contributed by atoms with E-state index in [4.69, 9.17) is 17.3 Å². The van der Waals surface area contributed by atoms with Crippen molar-refractivity contribution in [2.45, 2.75) is 16.7 Å². The number of hydrogen-bond donors (Lipinski definition) is 3. The van der Waals surface area contributed by atoms with Gasteiger partial charge in [0, 0.05) is 11.6 Å². The SMILES string of the molecule is CCS(=O)(=O)c1cc(N)c(O)c(NC(=O)c2scc(S(C)(=O)=O)c2Cl)c1. The molecule has 0 saturated heterocycles. The molecule has 0 unspecified atom stereocenters. The molecule has 0 spiro atoms. The second-order valence-corrected chi connectivity index (χ2v) is 10.8. The van der Waals surface area contributed by atoms with Gasteiger partial charge in [0.05, 0.1) is 31.9 Å². The molecule has 2 rings (SSSR count). The topological polar surface area (TPSA) is 144 Å². The first kappa shape index (κ1) is 20.5. The van der Waals surface area contributed by atoms with E-state index in [1.54, 1.807) is 0 Å². The molecule has 1 aromatic carbocycles. The summed E-state index contributed by atoms with van der Waals surface area (Å²) in [5.74, 6) is -1.51. The Labute approximate surface area is 159 Å². The van der Waals surface area contributed by atoms with E-state index < -0.39 is 31.3 Å². The number of anilines is 2. The van der Waals surface area contributed by atoms with Crippen molar-refractivity contribution in [2.24, 2.45) is 0 Å². The highest BCUT2D eigenvalue weighted by molar-refractivity contribution is 7.91. The Morgan fingerprint density at radius 3 is 2.42 bits per heavy atom. The fourth-order valence-corrected chi connectivity index (χ4v) is 5.73. The molecule has 1 amide bonds. The first-order chi connectivity index (χ1) is 11.9. The third kappa shape index (κ3) is 3.95. The summed E-state index contributed by atoms with van der Waals surface area (Å²) in [6.07, 6.45) is 0.953. The summed E-state index contributed by atoms with van der Waals surface area (Å²) in [7, 11) is -7.24. The second-order valence-electron chi connectivity index (χ2n) is 5.28. The highest BCUT2D eigenvalue weighted by Gasteiger charge is 2.24. The van der Waals surface area contributed by atoms with Crippen molar-refractivity contribution in [1.82, 2.24) is 0 Å². The highest BCUT2D eigenvalue weighted by atomic mass is 35.5. The van der Waals surface area contributed by atoms with Crippen LogP contribution in [-0.2, 0) is 19.7 Å². The fraction of sp³-hybridized carbons (Fsp3) is 0.214. The molecule has 0 fully saturated rings. The van der Waals surface area contributed by atoms with E-state index in [9.17, 15) is 26.7 Å². The minimum absolute atomic E-state index is 0.103. The lowest BCUT2D eigenvalue weighted by atomic mass is 10.2. The summed E-state index contributed by atoms with van der Waals surface area (Å²) < 4.78 is 47.2. The molecule has 12 heteroatoms. The number of nitrogens with one attached hydrogen (secondary N) is 1. The van der Waals surface area contributed by atoms with Crippen LogP contribution in [0.4, 0.5) is 11.4 Å². The number of nitrogens with two attached hydrogens (primary N) is 1. The molecule has 1 heterocycles. The lowest BCUT2D eigenvalue weighted by Gasteiger charge is -2.11. The molecule has 26 heavy (non-hydrogen) atoms. The average Bonchev–Trinajstić information content (AvgIpc) is 2.93. The molecule has 0 radical (unpaired) electrons. The molecule has 0 bridgehead atoms. The number of benzene rings is 1. The number of phenolic OH excluding ortho intramolecular Hbond substituents is 1. The molecule has 0 aliphatic carbocycles. The number of phenols is 1. The van der Waals surface area contributed by atoms with Crippen LogP contribution < -0.4 is 11.1 Å². The Kier molecular flexibility index (Phi) is 5.57. The van der Waals surface area contributed by atoms with Crippen LogP contribution in [0.15, 0.2) is 27.3 Å². The standard InChI is InChI=1S/C14H15ClN2O6S3/c1-3-26(22,23)7-4-8(16)12(18)9(5-7)17-14(19)13-11(15)10(6-24-13)25(2,20)21/h4-6,18H,3,16H2,1-2H3,(H,17,19). The molecule has 142 valence electrons. The van der Waals surface area contributed by atoms with Crippen molar-refractivity contribution < 1.29 is 26.7 Å². The Bertz CT molecular complexity index is 1090. The van der Waals surface area contributed by atoms with Crippen molar-refractivity contribution in [3.63, 3.8) is 0 Å². The van der Waals surface area contributed by atoms with Crippen LogP contribution in [0.1, 0.15) is 16.6 Å². The molecule has 0 saturated carbocycles. The van der Waals surface area contributed by atoms with Gasteiger partial charge in [0.25, 0.3) is 5.91 Å². The van der Waals surface area contributed by atoms with Crippen LogP contribution in [-0.4, -0.2) is 39.9 Å². The van der Waals surface area contributed by atoms with Gasteiger partial charge in [0.1, 0.15) is 4.88 Å². The van der Waals surface area contributed by atoms with Gasteiger partial charge in [-0.05, 0) is 12.1 Å². The van der Waals surface area contributed by atoms with Gasteiger partial charge in [-0.3, -0.25) is 4.79 Å². The molecule has 1 aromatic heterocycles. The van der Waals surface area contributed by atoms with Gasteiger partial charge >= 0.3 is 0 Å². The lowest BCUT2D eigenvalue weighted by Crippen LogP contribution is -2.13. The van der Waals surface area contributed by atoms with Crippen LogP contribution in [0.5, 0.6) is 5.75 Å². The normalized spacial score (nSPS) is 12.1. The number of carbonyl (C=O) groups excluding carboxylic acids is 1. The Hall–Kier alpha value is -1.82. The molecule has 2 aromatic rings. The molecule has 0 aliphatic heterocycles.